The van der Waals surface area contributed by atoms with Crippen molar-refractivity contribution in [3.8, 4) is 0 Å². The molecule has 3 rings (SSSR count). The molecule has 2 amide bonds. The molecule has 0 aliphatic carbocycles. The van der Waals surface area contributed by atoms with E-state index in [1.165, 1.54) is 42.0 Å². The highest BCUT2D eigenvalue weighted by Crippen LogP contribution is 2.30. The van der Waals surface area contributed by atoms with Crippen molar-refractivity contribution in [1.29, 1.82) is 0 Å². The normalized spacial score (nSPS) is 13.6. The molecule has 0 fully saturated rings. The van der Waals surface area contributed by atoms with Crippen LogP contribution < -0.4 is 15.8 Å². The van der Waals surface area contributed by atoms with Gasteiger partial charge < -0.3 is 10.2 Å². The molecule has 0 unspecified atom stereocenters. The van der Waals surface area contributed by atoms with Gasteiger partial charge in [0.05, 0.1) is 21.9 Å². The largest absolute Gasteiger partial charge is 0.324 e. The molecule has 10 heteroatoms. The Labute approximate surface area is 150 Å². The lowest BCUT2D eigenvalue weighted by Gasteiger charge is -2.24. The molecule has 1 aromatic heterocycles. The molecule has 2 heterocycles. The standard InChI is InChI=1S/C15H12ClFN4O3S/c1-20-13(23)7-25-11-5-18-21(15(24)14(11)20)6-12(22)19-8-2-3-10(17)9(16)4-8/h2-5H,6-7H2,1H3,(H,19,22). The van der Waals surface area contributed by atoms with E-state index in [0.717, 1.165) is 10.7 Å². The number of amides is 2. The summed E-state index contributed by atoms with van der Waals surface area (Å²) in [7, 11) is 1.51. The summed E-state index contributed by atoms with van der Waals surface area (Å²) < 4.78 is 14.1. The SMILES string of the molecule is CN1C(=O)CSc2cnn(CC(=O)Nc3ccc(F)c(Cl)c3)c(=O)c21. The molecule has 1 aromatic carbocycles. The summed E-state index contributed by atoms with van der Waals surface area (Å²) in [6.45, 7) is -0.353. The van der Waals surface area contributed by atoms with Crippen LogP contribution in [0.1, 0.15) is 0 Å². The molecule has 0 saturated heterocycles. The molecule has 0 spiro atoms. The van der Waals surface area contributed by atoms with Crippen molar-refractivity contribution in [2.24, 2.45) is 0 Å². The Morgan fingerprint density at radius 1 is 1.44 bits per heavy atom. The third-order valence-electron chi connectivity index (χ3n) is 3.54. The van der Waals surface area contributed by atoms with Crippen LogP contribution in [0.25, 0.3) is 0 Å². The van der Waals surface area contributed by atoms with Crippen molar-refractivity contribution in [2.75, 3.05) is 23.0 Å². The molecular formula is C15H12ClFN4O3S. The maximum atomic E-state index is 13.1. The van der Waals surface area contributed by atoms with Gasteiger partial charge in [0, 0.05) is 12.7 Å². The zero-order valence-corrected chi connectivity index (χ0v) is 14.5. The van der Waals surface area contributed by atoms with Gasteiger partial charge in [-0.1, -0.05) is 11.6 Å². The summed E-state index contributed by atoms with van der Waals surface area (Å²) in [4.78, 5) is 38.2. The van der Waals surface area contributed by atoms with E-state index in [2.05, 4.69) is 10.4 Å². The second-order valence-electron chi connectivity index (χ2n) is 5.24. The number of halogens is 2. The Morgan fingerprint density at radius 2 is 2.20 bits per heavy atom. The zero-order chi connectivity index (χ0) is 18.1. The Kier molecular flexibility index (Phi) is 4.78. The molecule has 7 nitrogen and oxygen atoms in total. The Balaban J connectivity index is 1.81. The van der Waals surface area contributed by atoms with Crippen molar-refractivity contribution in [1.82, 2.24) is 9.78 Å². The van der Waals surface area contributed by atoms with Crippen LogP contribution in [0, 0.1) is 5.82 Å². The molecule has 0 radical (unpaired) electrons. The number of fused-ring (bicyclic) bond motifs is 1. The van der Waals surface area contributed by atoms with Gasteiger partial charge in [0.25, 0.3) is 5.56 Å². The minimum Gasteiger partial charge on any atom is -0.324 e. The van der Waals surface area contributed by atoms with E-state index in [-0.39, 0.29) is 28.9 Å². The summed E-state index contributed by atoms with van der Waals surface area (Å²) >= 11 is 6.89. The van der Waals surface area contributed by atoms with Crippen LogP contribution in [0.5, 0.6) is 0 Å². The summed E-state index contributed by atoms with van der Waals surface area (Å²) in [5.74, 6) is -1.09. The molecule has 1 aliphatic rings. The zero-order valence-electron chi connectivity index (χ0n) is 13.0. The van der Waals surface area contributed by atoms with Crippen molar-refractivity contribution < 1.29 is 14.0 Å². The van der Waals surface area contributed by atoms with Gasteiger partial charge in [-0.25, -0.2) is 9.07 Å². The molecule has 25 heavy (non-hydrogen) atoms. The average Bonchev–Trinajstić information content (AvgIpc) is 2.57. The van der Waals surface area contributed by atoms with Gasteiger partial charge in [0.15, 0.2) is 0 Å². The van der Waals surface area contributed by atoms with Gasteiger partial charge in [0.2, 0.25) is 11.8 Å². The lowest BCUT2D eigenvalue weighted by Crippen LogP contribution is -2.40. The smallest absolute Gasteiger partial charge is 0.292 e. The molecule has 1 N–H and O–H groups in total. The number of anilines is 2. The maximum absolute atomic E-state index is 13.1. The first-order chi connectivity index (χ1) is 11.9. The molecule has 2 aromatic rings. The van der Waals surface area contributed by atoms with Gasteiger partial charge in [-0.05, 0) is 18.2 Å². The van der Waals surface area contributed by atoms with E-state index >= 15 is 0 Å². The Bertz CT molecular complexity index is 933. The summed E-state index contributed by atoms with van der Waals surface area (Å²) in [5.41, 5.74) is -0.0352. The van der Waals surface area contributed by atoms with Gasteiger partial charge in [0.1, 0.15) is 18.0 Å². The second-order valence-corrected chi connectivity index (χ2v) is 6.66. The minimum absolute atomic E-state index is 0.126. The minimum atomic E-state index is -0.600. The van der Waals surface area contributed by atoms with E-state index in [1.807, 2.05) is 0 Å². The third kappa shape index (κ3) is 3.52. The topological polar surface area (TPSA) is 84.3 Å². The van der Waals surface area contributed by atoms with Crippen LogP contribution in [-0.2, 0) is 16.1 Å². The fraction of sp³-hybridized carbons (Fsp3) is 0.200. The lowest BCUT2D eigenvalue weighted by atomic mass is 10.3. The van der Waals surface area contributed by atoms with Gasteiger partial charge in [-0.15, -0.1) is 11.8 Å². The summed E-state index contributed by atoms with van der Waals surface area (Å²) in [6.07, 6.45) is 1.45. The number of nitrogens with one attached hydrogen (secondary N) is 1. The van der Waals surface area contributed by atoms with E-state index < -0.39 is 17.3 Å². The fourth-order valence-corrected chi connectivity index (χ4v) is 3.40. The highest BCUT2D eigenvalue weighted by molar-refractivity contribution is 8.00. The predicted octanol–water partition coefficient (Wildman–Crippen LogP) is 1.74. The monoisotopic (exact) mass is 382 g/mol. The number of rotatable bonds is 3. The predicted molar refractivity (Wildman–Crippen MR) is 92.7 cm³/mol. The lowest BCUT2D eigenvalue weighted by molar-refractivity contribution is -0.117. The van der Waals surface area contributed by atoms with Crippen LogP contribution in [-0.4, -0.2) is 34.4 Å². The quantitative estimate of drug-likeness (QED) is 0.874. The van der Waals surface area contributed by atoms with Crippen LogP contribution in [0.2, 0.25) is 5.02 Å². The number of thioether (sulfide) groups is 1. The first-order valence-corrected chi connectivity index (χ1v) is 8.47. The number of carbonyl (C=O) groups excluding carboxylic acids is 2. The number of benzene rings is 1. The van der Waals surface area contributed by atoms with Crippen molar-refractivity contribution in [3.63, 3.8) is 0 Å². The fourth-order valence-electron chi connectivity index (χ4n) is 2.26. The Morgan fingerprint density at radius 3 is 2.92 bits per heavy atom. The highest BCUT2D eigenvalue weighted by Gasteiger charge is 2.26. The van der Waals surface area contributed by atoms with Crippen LogP contribution in [0.3, 0.4) is 0 Å². The van der Waals surface area contributed by atoms with Crippen LogP contribution in [0.4, 0.5) is 15.8 Å². The molecule has 0 bridgehead atoms. The maximum Gasteiger partial charge on any atom is 0.292 e. The van der Waals surface area contributed by atoms with Crippen molar-refractivity contribution >= 4 is 46.6 Å². The highest BCUT2D eigenvalue weighted by atomic mass is 35.5. The van der Waals surface area contributed by atoms with E-state index in [1.54, 1.807) is 0 Å². The summed E-state index contributed by atoms with van der Waals surface area (Å²) in [5, 5.41) is 6.35. The number of carbonyl (C=O) groups is 2. The molecule has 130 valence electrons. The first-order valence-electron chi connectivity index (χ1n) is 7.11. The van der Waals surface area contributed by atoms with E-state index in [9.17, 15) is 18.8 Å². The second kappa shape index (κ2) is 6.85. The number of hydrogen-bond acceptors (Lipinski definition) is 5. The van der Waals surface area contributed by atoms with Gasteiger partial charge in [-0.2, -0.15) is 5.10 Å². The van der Waals surface area contributed by atoms with Gasteiger partial charge in [-0.3, -0.25) is 14.4 Å². The van der Waals surface area contributed by atoms with Gasteiger partial charge >= 0.3 is 0 Å². The van der Waals surface area contributed by atoms with E-state index in [4.69, 9.17) is 11.6 Å². The molecule has 0 saturated carbocycles. The van der Waals surface area contributed by atoms with Crippen LogP contribution >= 0.6 is 23.4 Å². The van der Waals surface area contributed by atoms with Crippen LogP contribution in [0.15, 0.2) is 34.1 Å². The molecular weight excluding hydrogens is 371 g/mol. The number of aromatic nitrogens is 2. The van der Waals surface area contributed by atoms with E-state index in [0.29, 0.717) is 10.6 Å². The third-order valence-corrected chi connectivity index (χ3v) is 4.83. The summed E-state index contributed by atoms with van der Waals surface area (Å²) in [6, 6.07) is 3.74. The average molecular weight is 383 g/mol. The number of nitrogens with zero attached hydrogens (tertiary/aromatic N) is 3. The van der Waals surface area contributed by atoms with Crippen molar-refractivity contribution in [3.05, 3.63) is 45.6 Å². The Hall–Kier alpha value is -2.39. The number of hydrogen-bond donors (Lipinski definition) is 1. The van der Waals surface area contributed by atoms with Crippen molar-refractivity contribution in [2.45, 2.75) is 11.4 Å². The first kappa shape index (κ1) is 17.4. The molecule has 1 aliphatic heterocycles. The molecule has 0 atom stereocenters.